The second-order valence-corrected chi connectivity index (χ2v) is 8.88. The van der Waals surface area contributed by atoms with Crippen LogP contribution in [0.25, 0.3) is 11.1 Å². The van der Waals surface area contributed by atoms with E-state index in [0.29, 0.717) is 18.5 Å². The van der Waals surface area contributed by atoms with E-state index in [1.165, 1.54) is 10.8 Å². The topological polar surface area (TPSA) is 137 Å². The lowest BCUT2D eigenvalue weighted by molar-refractivity contribution is -0.170. The first-order valence-corrected chi connectivity index (χ1v) is 11.2. The minimum Gasteiger partial charge on any atom is -0.442 e. The summed E-state index contributed by atoms with van der Waals surface area (Å²) in [5, 5.41) is 19.3. The van der Waals surface area contributed by atoms with Crippen molar-refractivity contribution < 1.29 is 24.5 Å². The summed E-state index contributed by atoms with van der Waals surface area (Å²) in [7, 11) is 3.97. The van der Waals surface area contributed by atoms with Crippen LogP contribution in [0.4, 0.5) is 0 Å². The van der Waals surface area contributed by atoms with Crippen LogP contribution >= 0.6 is 0 Å². The maximum Gasteiger partial charge on any atom is 0.330 e. The van der Waals surface area contributed by atoms with E-state index in [-0.39, 0.29) is 24.6 Å². The molecule has 2 saturated heterocycles. The molecule has 4 rings (SSSR count). The highest BCUT2D eigenvalue weighted by Gasteiger charge is 2.35. The first-order valence-electron chi connectivity index (χ1n) is 11.2. The predicted molar refractivity (Wildman–Crippen MR) is 122 cm³/mol. The van der Waals surface area contributed by atoms with E-state index < -0.39 is 35.9 Å². The average Bonchev–Trinajstić information content (AvgIpc) is 3.18. The van der Waals surface area contributed by atoms with Crippen LogP contribution in [-0.4, -0.2) is 88.1 Å². The Morgan fingerprint density at radius 3 is 2.56 bits per heavy atom. The lowest BCUT2D eigenvalue weighted by atomic mass is 10.0. The maximum absolute atomic E-state index is 12.5. The number of likely N-dealkylation sites (N-methyl/N-ethyl adjacent to an activating group) is 1. The van der Waals surface area contributed by atoms with Crippen molar-refractivity contribution in [2.24, 2.45) is 0 Å². The van der Waals surface area contributed by atoms with Crippen molar-refractivity contribution in [3.8, 4) is 11.1 Å². The van der Waals surface area contributed by atoms with Gasteiger partial charge in [-0.3, -0.25) is 24.0 Å². The second-order valence-electron chi connectivity index (χ2n) is 8.88. The highest BCUT2D eigenvalue weighted by Crippen LogP contribution is 2.30. The fourth-order valence-electron chi connectivity index (χ4n) is 4.23. The van der Waals surface area contributed by atoms with Gasteiger partial charge in [-0.1, -0.05) is 24.3 Å². The summed E-state index contributed by atoms with van der Waals surface area (Å²) >= 11 is 0. The molecule has 2 aromatic rings. The lowest BCUT2D eigenvalue weighted by Gasteiger charge is -2.35. The Hall–Kier alpha value is -2.83. The monoisotopic (exact) mass is 474 g/mol. The number of rotatable bonds is 7. The van der Waals surface area contributed by atoms with E-state index in [2.05, 4.69) is 14.8 Å². The van der Waals surface area contributed by atoms with Crippen LogP contribution in [0.15, 0.2) is 40.1 Å². The Labute approximate surface area is 196 Å². The van der Waals surface area contributed by atoms with E-state index in [9.17, 15) is 24.6 Å². The van der Waals surface area contributed by atoms with E-state index in [1.807, 2.05) is 14.1 Å². The van der Waals surface area contributed by atoms with Crippen LogP contribution in [0.3, 0.4) is 0 Å². The zero-order valence-electron chi connectivity index (χ0n) is 19.2. The van der Waals surface area contributed by atoms with Gasteiger partial charge in [0.25, 0.3) is 5.56 Å². The van der Waals surface area contributed by atoms with Gasteiger partial charge in [0.15, 0.2) is 6.23 Å². The van der Waals surface area contributed by atoms with Crippen molar-refractivity contribution in [3.63, 3.8) is 0 Å². The number of carbonyl (C=O) groups excluding carboxylic acids is 1. The third-order valence-corrected chi connectivity index (χ3v) is 6.18. The number of nitrogens with zero attached hydrogens (tertiary/aromatic N) is 3. The van der Waals surface area contributed by atoms with Crippen LogP contribution in [0.2, 0.25) is 0 Å². The van der Waals surface area contributed by atoms with Gasteiger partial charge in [-0.15, -0.1) is 0 Å². The molecule has 0 radical (unpaired) electrons. The van der Waals surface area contributed by atoms with Gasteiger partial charge in [0.2, 0.25) is 0 Å². The van der Waals surface area contributed by atoms with E-state index in [1.54, 1.807) is 24.3 Å². The van der Waals surface area contributed by atoms with Gasteiger partial charge in [-0.2, -0.15) is 0 Å². The van der Waals surface area contributed by atoms with Gasteiger partial charge < -0.3 is 24.6 Å². The Morgan fingerprint density at radius 2 is 1.91 bits per heavy atom. The number of carbonyl (C=O) groups is 1. The summed E-state index contributed by atoms with van der Waals surface area (Å²) in [5.74, 6) is -0.251. The Kier molecular flexibility index (Phi) is 7.29. The molecule has 1 unspecified atom stereocenters. The molecule has 2 fully saturated rings. The molecule has 11 nitrogen and oxygen atoms in total. The minimum atomic E-state index is -0.912. The van der Waals surface area contributed by atoms with Crippen LogP contribution in [0.5, 0.6) is 0 Å². The largest absolute Gasteiger partial charge is 0.442 e. The summed E-state index contributed by atoms with van der Waals surface area (Å²) in [4.78, 5) is 43.3. The summed E-state index contributed by atoms with van der Waals surface area (Å²) in [6.07, 6.45) is -1.16. The number of aromatic amines is 1. The van der Waals surface area contributed by atoms with Gasteiger partial charge in [0, 0.05) is 37.8 Å². The third kappa shape index (κ3) is 5.13. The molecule has 0 spiro atoms. The van der Waals surface area contributed by atoms with E-state index in [4.69, 9.17) is 9.47 Å². The molecule has 2 aliphatic rings. The molecule has 0 saturated carbocycles. The first kappa shape index (κ1) is 24.3. The molecule has 0 aliphatic carbocycles. The zero-order chi connectivity index (χ0) is 24.4. The lowest BCUT2D eigenvalue weighted by Crippen LogP contribution is -2.42. The summed E-state index contributed by atoms with van der Waals surface area (Å²) in [6.45, 7) is 1.78. The number of cyclic esters (lactones) is 1. The fraction of sp³-hybridized carbons (Fsp3) is 0.522. The highest BCUT2D eigenvalue weighted by atomic mass is 16.6. The second kappa shape index (κ2) is 10.2. The quantitative estimate of drug-likeness (QED) is 0.460. The Balaban J connectivity index is 1.59. The Bertz CT molecular complexity index is 1130. The molecule has 0 bridgehead atoms. The standard InChI is InChI=1S/C23H30N4O7/c1-25(2)9-10-26-8-7-20(30)34-22(26)15-5-3-14(4-6-15)16-12-27(23(32)24-21(16)31)19-11-17(29)18(13-28)33-19/h3-6,12,17-19,22,28-29H,7-11,13H2,1-2H3,(H,24,31,32)/t17-,18+,19+,22?/m0/s1. The molecular formula is C23H30N4O7. The molecule has 4 atom stereocenters. The number of nitrogens with one attached hydrogen (secondary N) is 1. The number of hydrogen-bond acceptors (Lipinski definition) is 9. The number of hydrogen-bond donors (Lipinski definition) is 3. The van der Waals surface area contributed by atoms with Gasteiger partial charge >= 0.3 is 11.7 Å². The normalized spacial score (nSPS) is 25.6. The van der Waals surface area contributed by atoms with Gasteiger partial charge in [-0.25, -0.2) is 4.79 Å². The van der Waals surface area contributed by atoms with Crippen molar-refractivity contribution in [2.45, 2.75) is 37.5 Å². The molecule has 34 heavy (non-hydrogen) atoms. The third-order valence-electron chi connectivity index (χ3n) is 6.18. The summed E-state index contributed by atoms with van der Waals surface area (Å²) in [6, 6.07) is 7.08. The molecule has 1 aromatic heterocycles. The maximum atomic E-state index is 12.5. The number of aromatic nitrogens is 2. The van der Waals surface area contributed by atoms with Crippen molar-refractivity contribution in [3.05, 3.63) is 56.9 Å². The smallest absolute Gasteiger partial charge is 0.330 e. The predicted octanol–water partition coefficient (Wildman–Crippen LogP) is -0.347. The minimum absolute atomic E-state index is 0.116. The number of aliphatic hydroxyl groups is 2. The van der Waals surface area contributed by atoms with E-state index in [0.717, 1.165) is 18.7 Å². The zero-order valence-corrected chi connectivity index (χ0v) is 19.2. The fourth-order valence-corrected chi connectivity index (χ4v) is 4.23. The van der Waals surface area contributed by atoms with Crippen molar-refractivity contribution in [1.82, 2.24) is 19.4 Å². The van der Waals surface area contributed by atoms with Crippen molar-refractivity contribution in [2.75, 3.05) is 40.3 Å². The van der Waals surface area contributed by atoms with Crippen LogP contribution in [0, 0.1) is 0 Å². The first-order chi connectivity index (χ1) is 16.3. The summed E-state index contributed by atoms with van der Waals surface area (Å²) in [5.41, 5.74) is 0.392. The van der Waals surface area contributed by atoms with Crippen LogP contribution in [-0.2, 0) is 14.3 Å². The number of aliphatic hydroxyl groups excluding tert-OH is 2. The molecule has 3 N–H and O–H groups in total. The number of benzene rings is 1. The van der Waals surface area contributed by atoms with Gasteiger partial charge in [-0.05, 0) is 19.7 Å². The molecular weight excluding hydrogens is 444 g/mol. The van der Waals surface area contributed by atoms with E-state index >= 15 is 0 Å². The molecule has 11 heteroatoms. The molecule has 1 aromatic carbocycles. The van der Waals surface area contributed by atoms with Gasteiger partial charge in [0.1, 0.15) is 12.3 Å². The number of esters is 1. The molecule has 2 aliphatic heterocycles. The van der Waals surface area contributed by atoms with Gasteiger partial charge in [0.05, 0.1) is 24.7 Å². The summed E-state index contributed by atoms with van der Waals surface area (Å²) < 4.78 is 12.4. The van der Waals surface area contributed by atoms with Crippen LogP contribution < -0.4 is 11.2 Å². The van der Waals surface area contributed by atoms with Crippen molar-refractivity contribution in [1.29, 1.82) is 0 Å². The molecule has 0 amide bonds. The number of ether oxygens (including phenoxy) is 2. The van der Waals surface area contributed by atoms with Crippen LogP contribution in [0.1, 0.15) is 30.9 Å². The average molecular weight is 475 g/mol. The Morgan fingerprint density at radius 1 is 1.18 bits per heavy atom. The molecule has 184 valence electrons. The van der Waals surface area contributed by atoms with Crippen molar-refractivity contribution >= 4 is 5.97 Å². The SMILES string of the molecule is CN(C)CCN1CCC(=O)OC1c1ccc(-c2cn([C@H]3C[C@H](O)[C@@H](CO)O3)c(=O)[nH]c2=O)cc1. The highest BCUT2D eigenvalue weighted by molar-refractivity contribution is 5.70. The molecule has 3 heterocycles. The number of H-pyrrole nitrogens is 1.